The van der Waals surface area contributed by atoms with Crippen LogP contribution in [-0.2, 0) is 4.79 Å². The zero-order valence-corrected chi connectivity index (χ0v) is 17.5. The lowest BCUT2D eigenvalue weighted by Gasteiger charge is -2.11. The second-order valence-electron chi connectivity index (χ2n) is 7.70. The number of thiophene rings is 1. The Morgan fingerprint density at radius 2 is 2.17 bits per heavy atom. The molecule has 2 unspecified atom stereocenters. The molecule has 9 nitrogen and oxygen atoms in total. The van der Waals surface area contributed by atoms with Gasteiger partial charge in [0.15, 0.2) is 5.65 Å². The molecule has 154 valence electrons. The van der Waals surface area contributed by atoms with E-state index in [1.807, 2.05) is 42.1 Å². The van der Waals surface area contributed by atoms with Crippen LogP contribution in [0.25, 0.3) is 16.8 Å². The third-order valence-electron chi connectivity index (χ3n) is 5.58. The summed E-state index contributed by atoms with van der Waals surface area (Å²) in [7, 11) is 3.69. The Balaban J connectivity index is 1.36. The van der Waals surface area contributed by atoms with Gasteiger partial charge in [-0.05, 0) is 29.0 Å². The highest BCUT2D eigenvalue weighted by Gasteiger charge is 2.30. The number of hydrogen-bond donors (Lipinski definition) is 1. The standard InChI is InChI=1S/C20H21N7O2S/c1-25-4-3-16(20(25)29)24-19(28)17-5-12(11-30-17)15-8-23-27-10-13(6-21-18(15)27)14-7-22-26(2)9-14/h5-8,10-11,14,16H,3-4,9H2,1-2H3,(H,24,28). The summed E-state index contributed by atoms with van der Waals surface area (Å²) in [6.07, 6.45) is 8.16. The van der Waals surface area contributed by atoms with Crippen molar-refractivity contribution in [1.29, 1.82) is 0 Å². The minimum Gasteiger partial charge on any atom is -0.344 e. The summed E-state index contributed by atoms with van der Waals surface area (Å²) in [6, 6.07) is 1.39. The smallest absolute Gasteiger partial charge is 0.262 e. The monoisotopic (exact) mass is 423 g/mol. The van der Waals surface area contributed by atoms with E-state index in [1.165, 1.54) is 11.3 Å². The van der Waals surface area contributed by atoms with Gasteiger partial charge in [-0.25, -0.2) is 9.50 Å². The van der Waals surface area contributed by atoms with E-state index in [9.17, 15) is 9.59 Å². The van der Waals surface area contributed by atoms with Crippen molar-refractivity contribution in [3.8, 4) is 11.1 Å². The highest BCUT2D eigenvalue weighted by atomic mass is 32.1. The number of hydrogen-bond acceptors (Lipinski definition) is 7. The Labute approximate surface area is 177 Å². The van der Waals surface area contributed by atoms with Crippen molar-refractivity contribution in [2.24, 2.45) is 5.10 Å². The summed E-state index contributed by atoms with van der Waals surface area (Å²) in [6.45, 7) is 1.49. The number of hydrazone groups is 1. The highest BCUT2D eigenvalue weighted by Crippen LogP contribution is 2.29. The summed E-state index contributed by atoms with van der Waals surface area (Å²) in [5.41, 5.74) is 3.55. The molecule has 5 heterocycles. The van der Waals surface area contributed by atoms with Crippen LogP contribution < -0.4 is 5.32 Å². The molecule has 2 amide bonds. The van der Waals surface area contributed by atoms with Crippen LogP contribution in [0.3, 0.4) is 0 Å². The number of aromatic nitrogens is 3. The van der Waals surface area contributed by atoms with Gasteiger partial charge in [0.05, 0.1) is 11.1 Å². The lowest BCUT2D eigenvalue weighted by Crippen LogP contribution is -2.40. The number of rotatable bonds is 4. The van der Waals surface area contributed by atoms with Crippen molar-refractivity contribution in [3.63, 3.8) is 0 Å². The first-order valence-corrected chi connectivity index (χ1v) is 10.6. The summed E-state index contributed by atoms with van der Waals surface area (Å²) < 4.78 is 1.77. The summed E-state index contributed by atoms with van der Waals surface area (Å²) >= 11 is 1.35. The summed E-state index contributed by atoms with van der Waals surface area (Å²) in [5.74, 6) is -0.0640. The van der Waals surface area contributed by atoms with Gasteiger partial charge in [0.25, 0.3) is 5.91 Å². The van der Waals surface area contributed by atoms with Gasteiger partial charge >= 0.3 is 0 Å². The van der Waals surface area contributed by atoms with Crippen LogP contribution in [0.5, 0.6) is 0 Å². The fourth-order valence-electron chi connectivity index (χ4n) is 3.83. The molecule has 3 aromatic heterocycles. The fourth-order valence-corrected chi connectivity index (χ4v) is 4.64. The van der Waals surface area contributed by atoms with Crippen molar-refractivity contribution in [2.45, 2.75) is 18.4 Å². The van der Waals surface area contributed by atoms with Gasteiger partial charge < -0.3 is 10.2 Å². The number of carbonyl (C=O) groups is 2. The quantitative estimate of drug-likeness (QED) is 0.685. The molecule has 3 aromatic rings. The minimum absolute atomic E-state index is 0.0405. The van der Waals surface area contributed by atoms with Gasteiger partial charge in [0.1, 0.15) is 6.04 Å². The Kier molecular flexibility index (Phi) is 4.50. The maximum absolute atomic E-state index is 12.6. The zero-order chi connectivity index (χ0) is 20.8. The molecule has 0 aromatic carbocycles. The second-order valence-corrected chi connectivity index (χ2v) is 8.61. The number of likely N-dealkylation sites (N-methyl/N-ethyl adjacent to an activating group) is 2. The molecule has 1 N–H and O–H groups in total. The van der Waals surface area contributed by atoms with Crippen LogP contribution in [0.15, 0.2) is 35.1 Å². The van der Waals surface area contributed by atoms with Gasteiger partial charge in [-0.3, -0.25) is 14.6 Å². The van der Waals surface area contributed by atoms with E-state index >= 15 is 0 Å². The summed E-state index contributed by atoms with van der Waals surface area (Å²) in [5, 5.41) is 15.4. The van der Waals surface area contributed by atoms with Crippen LogP contribution in [-0.4, -0.2) is 75.8 Å². The molecule has 0 spiro atoms. The number of nitrogens with one attached hydrogen (secondary N) is 1. The van der Waals surface area contributed by atoms with E-state index in [4.69, 9.17) is 0 Å². The van der Waals surface area contributed by atoms with Gasteiger partial charge in [-0.2, -0.15) is 10.2 Å². The lowest BCUT2D eigenvalue weighted by molar-refractivity contribution is -0.128. The first-order valence-electron chi connectivity index (χ1n) is 9.73. The van der Waals surface area contributed by atoms with E-state index < -0.39 is 6.04 Å². The molecule has 2 aliphatic heterocycles. The number of fused-ring (bicyclic) bond motifs is 1. The number of carbonyl (C=O) groups excluding carboxylic acids is 2. The SMILES string of the molecule is CN1CC(c2cnc3c(-c4csc(C(=O)NC5CCN(C)C5=O)c4)cnn3c2)C=N1. The maximum atomic E-state index is 12.6. The van der Waals surface area contributed by atoms with Gasteiger partial charge in [0.2, 0.25) is 5.91 Å². The first-order chi connectivity index (χ1) is 14.5. The normalized spacial score (nSPS) is 21.2. The third kappa shape index (κ3) is 3.22. The highest BCUT2D eigenvalue weighted by molar-refractivity contribution is 7.12. The largest absolute Gasteiger partial charge is 0.344 e. The Bertz CT molecular complexity index is 1170. The fraction of sp³-hybridized carbons (Fsp3) is 0.350. The van der Waals surface area contributed by atoms with Crippen molar-refractivity contribution in [2.75, 3.05) is 27.2 Å². The molecule has 10 heteroatoms. The molecule has 0 radical (unpaired) electrons. The predicted octanol–water partition coefficient (Wildman–Crippen LogP) is 1.43. The Morgan fingerprint density at radius 1 is 1.30 bits per heavy atom. The molecule has 2 atom stereocenters. The summed E-state index contributed by atoms with van der Waals surface area (Å²) in [4.78, 5) is 31.4. The average molecular weight is 424 g/mol. The maximum Gasteiger partial charge on any atom is 0.262 e. The van der Waals surface area contributed by atoms with Crippen LogP contribution in [0, 0.1) is 0 Å². The van der Waals surface area contributed by atoms with Gasteiger partial charge in [-0.1, -0.05) is 0 Å². The zero-order valence-electron chi connectivity index (χ0n) is 16.6. The predicted molar refractivity (Wildman–Crippen MR) is 114 cm³/mol. The van der Waals surface area contributed by atoms with Crippen LogP contribution >= 0.6 is 11.3 Å². The number of likely N-dealkylation sites (tertiary alicyclic amines) is 1. The van der Waals surface area contributed by atoms with E-state index in [0.717, 1.165) is 28.9 Å². The molecule has 0 bridgehead atoms. The van der Waals surface area contributed by atoms with Crippen molar-refractivity contribution in [3.05, 3.63) is 40.5 Å². The van der Waals surface area contributed by atoms with Crippen molar-refractivity contribution in [1.82, 2.24) is 29.8 Å². The number of amides is 2. The topological polar surface area (TPSA) is 95.2 Å². The third-order valence-corrected chi connectivity index (χ3v) is 6.51. The van der Waals surface area contributed by atoms with E-state index in [1.54, 1.807) is 22.7 Å². The Hall–Kier alpha value is -3.27. The van der Waals surface area contributed by atoms with E-state index in [2.05, 4.69) is 20.5 Å². The molecule has 0 saturated carbocycles. The van der Waals surface area contributed by atoms with Gasteiger partial charge in [-0.15, -0.1) is 11.3 Å². The molecule has 1 fully saturated rings. The van der Waals surface area contributed by atoms with E-state index in [-0.39, 0.29) is 17.7 Å². The molecule has 1 saturated heterocycles. The van der Waals surface area contributed by atoms with E-state index in [0.29, 0.717) is 17.8 Å². The molecule has 0 aliphatic carbocycles. The van der Waals surface area contributed by atoms with Gasteiger partial charge in [0, 0.05) is 57.3 Å². The molecule has 30 heavy (non-hydrogen) atoms. The lowest BCUT2D eigenvalue weighted by atomic mass is 10.1. The van der Waals surface area contributed by atoms with Crippen molar-refractivity contribution < 1.29 is 9.59 Å². The molecule has 5 rings (SSSR count). The molecular weight excluding hydrogens is 402 g/mol. The second kappa shape index (κ2) is 7.21. The first kappa shape index (κ1) is 18.7. The number of nitrogens with zero attached hydrogens (tertiary/aromatic N) is 6. The molecule has 2 aliphatic rings. The molecular formula is C20H21N7O2S. The van der Waals surface area contributed by atoms with Crippen LogP contribution in [0.1, 0.15) is 27.6 Å². The van der Waals surface area contributed by atoms with Crippen molar-refractivity contribution >= 4 is 35.0 Å². The average Bonchev–Trinajstić information content (AvgIpc) is 3.51. The van der Waals surface area contributed by atoms with Crippen LogP contribution in [0.4, 0.5) is 0 Å². The van der Waals surface area contributed by atoms with Crippen LogP contribution in [0.2, 0.25) is 0 Å². The Morgan fingerprint density at radius 3 is 2.90 bits per heavy atom. The minimum atomic E-state index is -0.441.